The normalized spacial score (nSPS) is 13.8. The minimum absolute atomic E-state index is 0.00562. The van der Waals surface area contributed by atoms with Crippen LogP contribution in [0.5, 0.6) is 0 Å². The minimum atomic E-state index is -0.579. The summed E-state index contributed by atoms with van der Waals surface area (Å²) in [4.78, 5) is 14.3. The molecule has 0 N–H and O–H groups in total. The van der Waals surface area contributed by atoms with Crippen LogP contribution in [-0.4, -0.2) is 22.2 Å². The van der Waals surface area contributed by atoms with E-state index in [1.54, 1.807) is 16.8 Å². The van der Waals surface area contributed by atoms with Crippen LogP contribution in [0, 0.1) is 12.7 Å². The summed E-state index contributed by atoms with van der Waals surface area (Å²) in [6.45, 7) is 3.03. The van der Waals surface area contributed by atoms with E-state index in [0.717, 1.165) is 11.1 Å². The van der Waals surface area contributed by atoms with Crippen LogP contribution in [0.3, 0.4) is 0 Å². The summed E-state index contributed by atoms with van der Waals surface area (Å²) in [6.07, 6.45) is 2.53. The number of rotatable bonds is 3. The number of hydrogen-bond acceptors (Lipinski definition) is 2. The van der Waals surface area contributed by atoms with E-state index in [0.29, 0.717) is 25.2 Å². The largest absolute Gasteiger partial charge is 0.304 e. The van der Waals surface area contributed by atoms with E-state index in [1.807, 2.05) is 31.3 Å². The molecular weight excluding hydrogens is 353 g/mol. The molecule has 4 nitrogen and oxygen atoms in total. The van der Waals surface area contributed by atoms with Gasteiger partial charge in [0.05, 0.1) is 17.3 Å². The molecule has 132 valence electrons. The van der Waals surface area contributed by atoms with E-state index in [-0.39, 0.29) is 16.6 Å². The average Bonchev–Trinajstić information content (AvgIpc) is 3.02. The van der Waals surface area contributed by atoms with Crippen molar-refractivity contribution in [3.8, 4) is 0 Å². The molecule has 26 heavy (non-hydrogen) atoms. The van der Waals surface area contributed by atoms with Gasteiger partial charge in [0.1, 0.15) is 0 Å². The lowest BCUT2D eigenvalue weighted by Gasteiger charge is -2.26. The Bertz CT molecular complexity index is 998. The highest BCUT2D eigenvalue weighted by molar-refractivity contribution is 6.31. The van der Waals surface area contributed by atoms with Gasteiger partial charge >= 0.3 is 0 Å². The maximum atomic E-state index is 14.3. The van der Waals surface area contributed by atoms with Crippen LogP contribution in [0.25, 0.3) is 0 Å². The molecule has 1 aliphatic rings. The lowest BCUT2D eigenvalue weighted by Crippen LogP contribution is -2.38. The zero-order valence-electron chi connectivity index (χ0n) is 14.2. The smallest absolute Gasteiger partial charge is 0.279 e. The number of hydrogen-bond donors (Lipinski definition) is 0. The second kappa shape index (κ2) is 6.57. The number of nitrogens with zero attached hydrogens (tertiary/aromatic N) is 3. The SMILES string of the molecule is Cc1cccc(Cn2cc3c(n2)C(=O)N(c2cccc(Cl)c2F)CC3)c1. The van der Waals surface area contributed by atoms with E-state index in [2.05, 4.69) is 11.2 Å². The Morgan fingerprint density at radius 3 is 2.85 bits per heavy atom. The third-order valence-electron chi connectivity index (χ3n) is 4.54. The van der Waals surface area contributed by atoms with Crippen molar-refractivity contribution < 1.29 is 9.18 Å². The number of amides is 1. The molecule has 1 amide bonds. The van der Waals surface area contributed by atoms with Crippen molar-refractivity contribution in [1.29, 1.82) is 0 Å². The van der Waals surface area contributed by atoms with Crippen molar-refractivity contribution >= 4 is 23.2 Å². The molecule has 6 heteroatoms. The van der Waals surface area contributed by atoms with Crippen molar-refractivity contribution in [2.45, 2.75) is 19.9 Å². The van der Waals surface area contributed by atoms with Gasteiger partial charge < -0.3 is 4.90 Å². The van der Waals surface area contributed by atoms with Gasteiger partial charge in [0.2, 0.25) is 0 Å². The monoisotopic (exact) mass is 369 g/mol. The van der Waals surface area contributed by atoms with Gasteiger partial charge in [-0.15, -0.1) is 0 Å². The highest BCUT2D eigenvalue weighted by Gasteiger charge is 2.30. The topological polar surface area (TPSA) is 38.1 Å². The van der Waals surface area contributed by atoms with Gasteiger partial charge in [0, 0.05) is 18.3 Å². The molecule has 0 fully saturated rings. The van der Waals surface area contributed by atoms with E-state index < -0.39 is 5.82 Å². The fourth-order valence-corrected chi connectivity index (χ4v) is 3.47. The summed E-state index contributed by atoms with van der Waals surface area (Å²) in [6, 6.07) is 12.8. The number of halogens is 2. The van der Waals surface area contributed by atoms with Crippen LogP contribution in [0.4, 0.5) is 10.1 Å². The Balaban J connectivity index is 1.63. The first-order chi connectivity index (χ1) is 12.5. The van der Waals surface area contributed by atoms with Crippen LogP contribution < -0.4 is 4.90 Å². The average molecular weight is 370 g/mol. The van der Waals surface area contributed by atoms with E-state index in [9.17, 15) is 9.18 Å². The summed E-state index contributed by atoms with van der Waals surface area (Å²) in [5, 5.41) is 4.46. The van der Waals surface area contributed by atoms with Crippen LogP contribution in [0.1, 0.15) is 27.2 Å². The minimum Gasteiger partial charge on any atom is -0.304 e. The third-order valence-corrected chi connectivity index (χ3v) is 4.83. The summed E-state index contributed by atoms with van der Waals surface area (Å²) in [5.74, 6) is -0.874. The van der Waals surface area contributed by atoms with Crippen LogP contribution >= 0.6 is 11.6 Å². The Labute approximate surface area is 155 Å². The van der Waals surface area contributed by atoms with E-state index >= 15 is 0 Å². The summed E-state index contributed by atoms with van der Waals surface area (Å²) in [5.41, 5.74) is 3.76. The van der Waals surface area contributed by atoms with Gasteiger partial charge in [-0.05, 0) is 31.0 Å². The number of aryl methyl sites for hydroxylation is 1. The molecule has 2 aromatic carbocycles. The number of fused-ring (bicyclic) bond motifs is 1. The number of carbonyl (C=O) groups excluding carboxylic acids is 1. The highest BCUT2D eigenvalue weighted by Crippen LogP contribution is 2.29. The zero-order chi connectivity index (χ0) is 18.3. The molecule has 2 heterocycles. The zero-order valence-corrected chi connectivity index (χ0v) is 15.0. The molecule has 0 spiro atoms. The second-order valence-electron chi connectivity index (χ2n) is 6.47. The molecule has 0 saturated heterocycles. The van der Waals surface area contributed by atoms with Crippen molar-refractivity contribution in [3.05, 3.63) is 81.9 Å². The molecule has 4 rings (SSSR count). The third kappa shape index (κ3) is 2.99. The first-order valence-electron chi connectivity index (χ1n) is 8.40. The van der Waals surface area contributed by atoms with Gasteiger partial charge in [-0.25, -0.2) is 4.39 Å². The second-order valence-corrected chi connectivity index (χ2v) is 6.88. The van der Waals surface area contributed by atoms with Crippen molar-refractivity contribution in [1.82, 2.24) is 9.78 Å². The fraction of sp³-hybridized carbons (Fsp3) is 0.200. The van der Waals surface area contributed by atoms with Crippen molar-refractivity contribution in [2.75, 3.05) is 11.4 Å². The number of aromatic nitrogens is 2. The predicted molar refractivity (Wildman–Crippen MR) is 99.3 cm³/mol. The van der Waals surface area contributed by atoms with Crippen LogP contribution in [0.15, 0.2) is 48.7 Å². The van der Waals surface area contributed by atoms with Gasteiger partial charge in [0.15, 0.2) is 11.5 Å². The Kier molecular flexibility index (Phi) is 4.24. The maximum absolute atomic E-state index is 14.3. The molecule has 3 aromatic rings. The van der Waals surface area contributed by atoms with Gasteiger partial charge in [0.25, 0.3) is 5.91 Å². The Morgan fingerprint density at radius 2 is 2.04 bits per heavy atom. The number of anilines is 1. The molecule has 0 radical (unpaired) electrons. The lowest BCUT2D eigenvalue weighted by molar-refractivity contribution is 0.0974. The summed E-state index contributed by atoms with van der Waals surface area (Å²) >= 11 is 5.86. The molecule has 1 aromatic heterocycles. The Hall–Kier alpha value is -2.66. The number of carbonyl (C=O) groups is 1. The van der Waals surface area contributed by atoms with E-state index in [1.165, 1.54) is 16.5 Å². The maximum Gasteiger partial charge on any atom is 0.279 e. The van der Waals surface area contributed by atoms with Crippen LogP contribution in [0.2, 0.25) is 5.02 Å². The van der Waals surface area contributed by atoms with Gasteiger partial charge in [-0.1, -0.05) is 47.5 Å². The summed E-state index contributed by atoms with van der Waals surface area (Å²) in [7, 11) is 0. The number of benzene rings is 2. The lowest BCUT2D eigenvalue weighted by atomic mass is 10.1. The molecule has 0 unspecified atom stereocenters. The van der Waals surface area contributed by atoms with Crippen molar-refractivity contribution in [2.24, 2.45) is 0 Å². The molecule has 0 bridgehead atoms. The van der Waals surface area contributed by atoms with Gasteiger partial charge in [-0.2, -0.15) is 5.10 Å². The van der Waals surface area contributed by atoms with Crippen molar-refractivity contribution in [3.63, 3.8) is 0 Å². The fourth-order valence-electron chi connectivity index (χ4n) is 3.30. The molecule has 0 saturated carbocycles. The Morgan fingerprint density at radius 1 is 1.23 bits per heavy atom. The molecular formula is C20H17ClFN3O. The summed E-state index contributed by atoms with van der Waals surface area (Å²) < 4.78 is 16.1. The van der Waals surface area contributed by atoms with Crippen LogP contribution in [-0.2, 0) is 13.0 Å². The highest BCUT2D eigenvalue weighted by atomic mass is 35.5. The van der Waals surface area contributed by atoms with Gasteiger partial charge in [-0.3, -0.25) is 9.48 Å². The predicted octanol–water partition coefficient (Wildman–Crippen LogP) is 4.24. The molecule has 0 aliphatic carbocycles. The van der Waals surface area contributed by atoms with E-state index in [4.69, 9.17) is 11.6 Å². The molecule has 0 atom stereocenters. The quantitative estimate of drug-likeness (QED) is 0.692. The first-order valence-corrected chi connectivity index (χ1v) is 8.78. The first kappa shape index (κ1) is 16.8. The standard InChI is InChI=1S/C20H17ClFN3O/c1-13-4-2-5-14(10-13)11-24-12-15-8-9-25(20(26)19(15)23-24)17-7-3-6-16(21)18(17)22/h2-7,10,12H,8-9,11H2,1H3. The molecule has 1 aliphatic heterocycles.